The van der Waals surface area contributed by atoms with Crippen LogP contribution in [0, 0.1) is 0 Å². The number of amides is 1. The van der Waals surface area contributed by atoms with E-state index >= 15 is 0 Å². The molecule has 1 amide bonds. The molecule has 106 valence electrons. The molecule has 0 saturated heterocycles. The Morgan fingerprint density at radius 2 is 2.05 bits per heavy atom. The summed E-state index contributed by atoms with van der Waals surface area (Å²) in [6.45, 7) is 3.38. The first kappa shape index (κ1) is 15.9. The summed E-state index contributed by atoms with van der Waals surface area (Å²) in [5.74, 6) is 0.754. The van der Waals surface area contributed by atoms with Gasteiger partial charge in [-0.1, -0.05) is 6.92 Å². The highest BCUT2D eigenvalue weighted by atomic mass is 32.2. The summed E-state index contributed by atoms with van der Waals surface area (Å²) in [6.07, 6.45) is 3.16. The van der Waals surface area contributed by atoms with Crippen LogP contribution in [0.2, 0.25) is 0 Å². The van der Waals surface area contributed by atoms with Crippen LogP contribution in [0.15, 0.2) is 24.3 Å². The maximum Gasteiger partial charge on any atom is 0.238 e. The third-order valence-electron chi connectivity index (χ3n) is 2.79. The Balaban J connectivity index is 2.23. The van der Waals surface area contributed by atoms with Crippen LogP contribution in [0.5, 0.6) is 5.75 Å². The maximum atomic E-state index is 11.7. The molecule has 2 N–H and O–H groups in total. The van der Waals surface area contributed by atoms with Crippen LogP contribution in [0.25, 0.3) is 0 Å². The number of hydrogen-bond donors (Lipinski definition) is 2. The van der Waals surface area contributed by atoms with E-state index in [9.17, 15) is 4.79 Å². The molecule has 0 aromatic heterocycles. The second-order valence-electron chi connectivity index (χ2n) is 4.29. The van der Waals surface area contributed by atoms with Gasteiger partial charge < -0.3 is 15.4 Å². The van der Waals surface area contributed by atoms with Crippen molar-refractivity contribution in [2.45, 2.75) is 18.6 Å². The Labute approximate surface area is 119 Å². The number of thioether (sulfide) groups is 1. The van der Waals surface area contributed by atoms with Gasteiger partial charge in [0.25, 0.3) is 0 Å². The Bertz CT molecular complexity index is 382. The molecule has 0 spiro atoms. The van der Waals surface area contributed by atoms with Crippen LogP contribution in [-0.4, -0.2) is 37.6 Å². The van der Waals surface area contributed by atoms with Gasteiger partial charge in [-0.2, -0.15) is 11.8 Å². The summed E-state index contributed by atoms with van der Waals surface area (Å²) in [7, 11) is 1.62. The van der Waals surface area contributed by atoms with Gasteiger partial charge in [0.2, 0.25) is 5.91 Å². The third-order valence-corrected chi connectivity index (χ3v) is 3.83. The molecule has 0 saturated carbocycles. The highest BCUT2D eigenvalue weighted by Crippen LogP contribution is 2.14. The topological polar surface area (TPSA) is 50.4 Å². The standard InChI is InChI=1S/C14H22N2O2S/c1-11(19-3)8-9-15-10-14(17)16-12-4-6-13(18-2)7-5-12/h4-7,11,15H,8-10H2,1-3H3,(H,16,17). The number of carbonyl (C=O) groups is 1. The van der Waals surface area contributed by atoms with E-state index in [1.54, 1.807) is 7.11 Å². The molecule has 0 fully saturated rings. The van der Waals surface area contributed by atoms with Crippen molar-refractivity contribution in [1.82, 2.24) is 5.32 Å². The van der Waals surface area contributed by atoms with Gasteiger partial charge in [-0.25, -0.2) is 0 Å². The van der Waals surface area contributed by atoms with E-state index in [1.807, 2.05) is 36.0 Å². The minimum Gasteiger partial charge on any atom is -0.497 e. The predicted molar refractivity (Wildman–Crippen MR) is 82.1 cm³/mol. The molecule has 1 aromatic carbocycles. The molecule has 1 rings (SSSR count). The third kappa shape index (κ3) is 6.50. The molecule has 0 aliphatic carbocycles. The Kier molecular flexibility index (Phi) is 7.36. The molecule has 1 unspecified atom stereocenters. The predicted octanol–water partition coefficient (Wildman–Crippen LogP) is 2.36. The van der Waals surface area contributed by atoms with Gasteiger partial charge >= 0.3 is 0 Å². The highest BCUT2D eigenvalue weighted by molar-refractivity contribution is 7.99. The Morgan fingerprint density at radius 3 is 2.63 bits per heavy atom. The average Bonchev–Trinajstić information content (AvgIpc) is 2.44. The van der Waals surface area contributed by atoms with E-state index in [0.717, 1.165) is 24.4 Å². The maximum absolute atomic E-state index is 11.7. The summed E-state index contributed by atoms with van der Waals surface area (Å²) in [4.78, 5) is 11.7. The zero-order valence-electron chi connectivity index (χ0n) is 11.7. The normalized spacial score (nSPS) is 11.9. The quantitative estimate of drug-likeness (QED) is 0.719. The summed E-state index contributed by atoms with van der Waals surface area (Å²) < 4.78 is 5.06. The molecule has 19 heavy (non-hydrogen) atoms. The van der Waals surface area contributed by atoms with Gasteiger partial charge in [-0.3, -0.25) is 4.79 Å². The van der Waals surface area contributed by atoms with Crippen molar-refractivity contribution >= 4 is 23.4 Å². The highest BCUT2D eigenvalue weighted by Gasteiger charge is 2.03. The van der Waals surface area contributed by atoms with Crippen LogP contribution in [0.3, 0.4) is 0 Å². The summed E-state index contributed by atoms with van der Waals surface area (Å²) in [5, 5.41) is 6.60. The van der Waals surface area contributed by atoms with Crippen molar-refractivity contribution in [1.29, 1.82) is 0 Å². The largest absolute Gasteiger partial charge is 0.497 e. The number of rotatable bonds is 8. The first-order valence-corrected chi connectivity index (χ1v) is 7.62. The van der Waals surface area contributed by atoms with Gasteiger partial charge in [-0.05, 0) is 43.5 Å². The van der Waals surface area contributed by atoms with E-state index in [4.69, 9.17) is 4.74 Å². The van der Waals surface area contributed by atoms with Crippen molar-refractivity contribution in [2.75, 3.05) is 31.8 Å². The molecular formula is C14H22N2O2S. The van der Waals surface area contributed by atoms with Crippen LogP contribution < -0.4 is 15.4 Å². The van der Waals surface area contributed by atoms with Crippen LogP contribution >= 0.6 is 11.8 Å². The number of methoxy groups -OCH3 is 1. The monoisotopic (exact) mass is 282 g/mol. The lowest BCUT2D eigenvalue weighted by molar-refractivity contribution is -0.115. The SMILES string of the molecule is COc1ccc(NC(=O)CNCCC(C)SC)cc1. The van der Waals surface area contributed by atoms with Crippen LogP contribution in [0.4, 0.5) is 5.69 Å². The molecule has 1 aromatic rings. The smallest absolute Gasteiger partial charge is 0.238 e. The van der Waals surface area contributed by atoms with Gasteiger partial charge in [0.05, 0.1) is 13.7 Å². The van der Waals surface area contributed by atoms with E-state index in [2.05, 4.69) is 23.8 Å². The van der Waals surface area contributed by atoms with E-state index in [0.29, 0.717) is 11.8 Å². The average molecular weight is 282 g/mol. The number of ether oxygens (including phenoxy) is 1. The van der Waals surface area contributed by atoms with Crippen molar-refractivity contribution in [3.8, 4) is 5.75 Å². The fourth-order valence-corrected chi connectivity index (χ4v) is 1.86. The minimum atomic E-state index is -0.0260. The second kappa shape index (κ2) is 8.82. The number of nitrogens with one attached hydrogen (secondary N) is 2. The first-order chi connectivity index (χ1) is 9.15. The number of hydrogen-bond acceptors (Lipinski definition) is 4. The molecule has 0 heterocycles. The molecule has 4 nitrogen and oxygen atoms in total. The van der Waals surface area contributed by atoms with E-state index in [-0.39, 0.29) is 5.91 Å². The van der Waals surface area contributed by atoms with Crippen molar-refractivity contribution in [3.63, 3.8) is 0 Å². The zero-order valence-corrected chi connectivity index (χ0v) is 12.5. The van der Waals surface area contributed by atoms with E-state index < -0.39 is 0 Å². The first-order valence-electron chi connectivity index (χ1n) is 6.33. The minimum absolute atomic E-state index is 0.0260. The summed E-state index contributed by atoms with van der Waals surface area (Å²) >= 11 is 1.84. The Hall–Kier alpha value is -1.20. The van der Waals surface area contributed by atoms with Crippen molar-refractivity contribution in [2.24, 2.45) is 0 Å². The lowest BCUT2D eigenvalue weighted by Crippen LogP contribution is -2.29. The number of benzene rings is 1. The molecule has 0 bridgehead atoms. The molecular weight excluding hydrogens is 260 g/mol. The lowest BCUT2D eigenvalue weighted by atomic mass is 10.3. The van der Waals surface area contributed by atoms with Crippen LogP contribution in [0.1, 0.15) is 13.3 Å². The molecule has 5 heteroatoms. The fraction of sp³-hybridized carbons (Fsp3) is 0.500. The second-order valence-corrected chi connectivity index (χ2v) is 5.56. The van der Waals surface area contributed by atoms with Gasteiger partial charge in [0.15, 0.2) is 0 Å². The van der Waals surface area contributed by atoms with Crippen LogP contribution in [-0.2, 0) is 4.79 Å². The fourth-order valence-electron chi connectivity index (χ4n) is 1.50. The molecule has 0 aliphatic rings. The summed E-state index contributed by atoms with van der Waals surface area (Å²) in [6, 6.07) is 7.30. The molecule has 1 atom stereocenters. The van der Waals surface area contributed by atoms with Gasteiger partial charge in [-0.15, -0.1) is 0 Å². The molecule has 0 radical (unpaired) electrons. The summed E-state index contributed by atoms with van der Waals surface area (Å²) in [5.41, 5.74) is 0.782. The van der Waals surface area contributed by atoms with Crippen molar-refractivity contribution < 1.29 is 9.53 Å². The Morgan fingerprint density at radius 1 is 1.37 bits per heavy atom. The zero-order chi connectivity index (χ0) is 14.1. The van der Waals surface area contributed by atoms with Gasteiger partial charge in [0.1, 0.15) is 5.75 Å². The molecule has 0 aliphatic heterocycles. The number of anilines is 1. The van der Waals surface area contributed by atoms with Crippen molar-refractivity contribution in [3.05, 3.63) is 24.3 Å². The number of carbonyl (C=O) groups excluding carboxylic acids is 1. The van der Waals surface area contributed by atoms with E-state index in [1.165, 1.54) is 0 Å². The lowest BCUT2D eigenvalue weighted by Gasteiger charge is -2.09. The van der Waals surface area contributed by atoms with Gasteiger partial charge in [0, 0.05) is 10.9 Å².